The monoisotopic (exact) mass is 289 g/mol. The van der Waals surface area contributed by atoms with Gasteiger partial charge >= 0.3 is 6.98 Å². The predicted molar refractivity (Wildman–Crippen MR) is 75.7 cm³/mol. The van der Waals surface area contributed by atoms with Crippen LogP contribution in [-0.4, -0.2) is 26.8 Å². The van der Waals surface area contributed by atoms with Crippen LogP contribution in [0.15, 0.2) is 18.2 Å². The van der Waals surface area contributed by atoms with Gasteiger partial charge in [0.25, 0.3) is 0 Å². The first-order chi connectivity index (χ1) is 9.30. The lowest BCUT2D eigenvalue weighted by atomic mass is 9.78. The molecule has 0 bridgehead atoms. The lowest BCUT2D eigenvalue weighted by Crippen LogP contribution is -2.35. The lowest BCUT2D eigenvalue weighted by Gasteiger charge is -2.20. The zero-order valence-corrected chi connectivity index (χ0v) is 12.2. The molecule has 114 valence electrons. The minimum absolute atomic E-state index is 0.115. The van der Waals surface area contributed by atoms with Crippen LogP contribution in [0.4, 0.5) is 12.9 Å². The van der Waals surface area contributed by atoms with Gasteiger partial charge in [-0.05, 0) is 25.3 Å². The zero-order chi connectivity index (χ0) is 15.2. The molecule has 0 aliphatic heterocycles. The van der Waals surface area contributed by atoms with Crippen LogP contribution in [0.1, 0.15) is 25.8 Å². The maximum atomic E-state index is 12.9. The van der Waals surface area contributed by atoms with Crippen molar-refractivity contribution in [2.24, 2.45) is 5.92 Å². The summed E-state index contributed by atoms with van der Waals surface area (Å²) in [6.45, 7) is 1.77. The van der Waals surface area contributed by atoms with Crippen LogP contribution >= 0.6 is 0 Å². The molecule has 2 nitrogen and oxygen atoms in total. The summed E-state index contributed by atoms with van der Waals surface area (Å²) in [7, 11) is 0. The van der Waals surface area contributed by atoms with Crippen LogP contribution < -0.4 is 10.2 Å². The number of rotatable bonds is 8. The van der Waals surface area contributed by atoms with Crippen LogP contribution in [0.2, 0.25) is 0 Å². The number of aryl methyl sites for hydroxylation is 1. The average molecular weight is 289 g/mol. The number of hydrogen-bond donors (Lipinski definition) is 0. The molecule has 0 saturated heterocycles. The maximum absolute atomic E-state index is 12.9. The van der Waals surface area contributed by atoms with Gasteiger partial charge in [0.1, 0.15) is 6.61 Å². The second-order valence-electron chi connectivity index (χ2n) is 5.26. The number of ether oxygens (including phenoxy) is 2. The highest BCUT2D eigenvalue weighted by Crippen LogP contribution is 2.19. The highest BCUT2D eigenvalue weighted by atomic mass is 19.4. The van der Waals surface area contributed by atoms with E-state index >= 15 is 0 Å². The summed E-state index contributed by atoms with van der Waals surface area (Å²) in [6, 6.07) is 4.10. The molecule has 0 saturated carbocycles. The van der Waals surface area contributed by atoms with Crippen molar-refractivity contribution < 1.29 is 22.4 Å². The van der Waals surface area contributed by atoms with Crippen LogP contribution in [0.25, 0.3) is 0 Å². The van der Waals surface area contributed by atoms with Gasteiger partial charge in [0.15, 0.2) is 0 Å². The second kappa shape index (κ2) is 7.57. The summed E-state index contributed by atoms with van der Waals surface area (Å²) >= 11 is 0. The largest absolute Gasteiger partial charge is 0.513 e. The van der Waals surface area contributed by atoms with Gasteiger partial charge in [-0.2, -0.15) is 0 Å². The predicted octanol–water partition coefficient (Wildman–Crippen LogP) is 3.49. The highest BCUT2D eigenvalue weighted by Gasteiger charge is 2.29. The summed E-state index contributed by atoms with van der Waals surface area (Å²) in [4.78, 5) is 0. The van der Waals surface area contributed by atoms with E-state index < -0.39 is 12.4 Å². The van der Waals surface area contributed by atoms with Crippen molar-refractivity contribution in [3.63, 3.8) is 0 Å². The molecule has 0 fully saturated rings. The minimum atomic E-state index is -5.06. The fourth-order valence-corrected chi connectivity index (χ4v) is 1.69. The van der Waals surface area contributed by atoms with Crippen molar-refractivity contribution in [3.8, 4) is 5.75 Å². The number of hydrogen-bond acceptors (Lipinski definition) is 2. The van der Waals surface area contributed by atoms with E-state index in [1.807, 2.05) is 0 Å². The van der Waals surface area contributed by atoms with Gasteiger partial charge in [0, 0.05) is 6.61 Å². The van der Waals surface area contributed by atoms with Gasteiger partial charge < -0.3 is 22.4 Å². The first-order valence-corrected chi connectivity index (χ1v) is 6.81. The van der Waals surface area contributed by atoms with E-state index in [9.17, 15) is 12.9 Å². The van der Waals surface area contributed by atoms with Crippen molar-refractivity contribution in [2.75, 3.05) is 19.8 Å². The summed E-state index contributed by atoms with van der Waals surface area (Å²) in [5.41, 5.74) is -0.105. The normalized spacial score (nSPS) is 11.9. The van der Waals surface area contributed by atoms with E-state index in [1.54, 1.807) is 13.0 Å². The molecule has 0 aliphatic carbocycles. The van der Waals surface area contributed by atoms with E-state index in [1.165, 1.54) is 6.07 Å². The lowest BCUT2D eigenvalue weighted by molar-refractivity contribution is 0.0928. The van der Waals surface area contributed by atoms with Crippen LogP contribution in [0.3, 0.4) is 0 Å². The van der Waals surface area contributed by atoms with Crippen molar-refractivity contribution in [1.29, 1.82) is 0 Å². The van der Waals surface area contributed by atoms with E-state index in [-0.39, 0.29) is 12.4 Å². The molecular weight excluding hydrogens is 268 g/mol. The third-order valence-electron chi connectivity index (χ3n) is 2.84. The fourth-order valence-electron chi connectivity index (χ4n) is 1.69. The molecule has 1 aromatic rings. The Hall–Kier alpha value is -1.17. The smallest absolute Gasteiger partial charge is 0.494 e. The summed E-state index contributed by atoms with van der Waals surface area (Å²) in [6.07, 6.45) is 0.932. The first-order valence-electron chi connectivity index (χ1n) is 6.81. The highest BCUT2D eigenvalue weighted by molar-refractivity contribution is 6.74. The van der Waals surface area contributed by atoms with Gasteiger partial charge in [0.05, 0.1) is 12.4 Å². The molecule has 20 heavy (non-hydrogen) atoms. The van der Waals surface area contributed by atoms with Crippen LogP contribution in [0, 0.1) is 12.8 Å². The molecule has 1 aromatic carbocycles. The topological polar surface area (TPSA) is 18.5 Å². The van der Waals surface area contributed by atoms with Gasteiger partial charge in [-0.15, -0.1) is 0 Å². The molecule has 0 aliphatic rings. The average Bonchev–Trinajstić information content (AvgIpc) is 2.33. The second-order valence-corrected chi connectivity index (χ2v) is 5.26. The Morgan fingerprint density at radius 3 is 2.40 bits per heavy atom. The quantitative estimate of drug-likeness (QED) is 0.539. The molecule has 6 heteroatoms. The third-order valence-corrected chi connectivity index (χ3v) is 2.84. The summed E-state index contributed by atoms with van der Waals surface area (Å²) in [5.74, 6) is 0.433. The van der Waals surface area contributed by atoms with E-state index in [0.29, 0.717) is 24.7 Å². The Morgan fingerprint density at radius 1 is 1.10 bits per heavy atom. The van der Waals surface area contributed by atoms with Gasteiger partial charge in [-0.25, -0.2) is 0 Å². The van der Waals surface area contributed by atoms with Gasteiger partial charge in [-0.3, -0.25) is 0 Å². The Bertz CT molecular complexity index is 419. The minimum Gasteiger partial charge on any atom is -0.494 e. The molecule has 0 unspecified atom stereocenters. The van der Waals surface area contributed by atoms with Crippen LogP contribution in [-0.2, 0) is 4.74 Å². The number of benzene rings is 1. The van der Waals surface area contributed by atoms with Gasteiger partial charge in [0.2, 0.25) is 0 Å². The van der Waals surface area contributed by atoms with E-state index in [2.05, 4.69) is 13.8 Å². The van der Waals surface area contributed by atoms with Crippen molar-refractivity contribution in [2.45, 2.75) is 27.2 Å². The molecule has 0 radical (unpaired) electrons. The van der Waals surface area contributed by atoms with Gasteiger partial charge in [-0.1, -0.05) is 37.0 Å². The number of halogens is 3. The third kappa shape index (κ3) is 5.86. The summed E-state index contributed by atoms with van der Waals surface area (Å²) < 4.78 is 49.2. The molecular formula is C14H21BF3O2-. The SMILES string of the molecule is Cc1ccc(OCCOCCC(C)C)c([B-](F)(F)F)c1. The Morgan fingerprint density at radius 2 is 1.80 bits per heavy atom. The molecule has 0 amide bonds. The zero-order valence-electron chi connectivity index (χ0n) is 12.2. The standard InChI is InChI=1S/C14H21BF3O2/c1-11(2)6-7-19-8-9-20-14-5-4-12(3)10-13(14)15(16,17)18/h4-5,10-11H,6-9H2,1-3H3/q-1. The molecule has 0 spiro atoms. The Balaban J connectivity index is 2.48. The Labute approximate surface area is 118 Å². The maximum Gasteiger partial charge on any atom is 0.513 e. The molecule has 0 atom stereocenters. The molecule has 0 aromatic heterocycles. The van der Waals surface area contributed by atoms with E-state index in [0.717, 1.165) is 12.5 Å². The molecule has 0 heterocycles. The van der Waals surface area contributed by atoms with Crippen molar-refractivity contribution in [3.05, 3.63) is 23.8 Å². The van der Waals surface area contributed by atoms with E-state index in [4.69, 9.17) is 9.47 Å². The van der Waals surface area contributed by atoms with Crippen molar-refractivity contribution in [1.82, 2.24) is 0 Å². The first kappa shape index (κ1) is 16.9. The summed E-state index contributed by atoms with van der Waals surface area (Å²) in [5, 5.41) is 0. The molecule has 1 rings (SSSR count). The molecule has 0 N–H and O–H groups in total. The van der Waals surface area contributed by atoms with Crippen molar-refractivity contribution >= 4 is 12.4 Å². The Kier molecular flexibility index (Phi) is 6.39. The fraction of sp³-hybridized carbons (Fsp3) is 0.571. The van der Waals surface area contributed by atoms with Crippen LogP contribution in [0.5, 0.6) is 5.75 Å².